The Bertz CT molecular complexity index is 867. The summed E-state index contributed by atoms with van der Waals surface area (Å²) in [4.78, 5) is 27.5. The van der Waals surface area contributed by atoms with Gasteiger partial charge in [0.1, 0.15) is 0 Å². The quantitative estimate of drug-likeness (QED) is 0.570. The highest BCUT2D eigenvalue weighted by Crippen LogP contribution is 2.28. The third-order valence-corrected chi connectivity index (χ3v) is 5.84. The topological polar surface area (TPSA) is 61.4 Å². The molecule has 0 aromatic heterocycles. The highest BCUT2D eigenvalue weighted by Gasteiger charge is 2.25. The molecule has 29 heavy (non-hydrogen) atoms. The van der Waals surface area contributed by atoms with E-state index in [0.717, 1.165) is 35.8 Å². The van der Waals surface area contributed by atoms with Crippen LogP contribution in [0.1, 0.15) is 55.1 Å². The number of hydrogen-bond donors (Lipinski definition) is 2. The van der Waals surface area contributed by atoms with Gasteiger partial charge in [-0.25, -0.2) is 0 Å². The van der Waals surface area contributed by atoms with Crippen molar-refractivity contribution in [3.8, 4) is 0 Å². The zero-order valence-corrected chi connectivity index (χ0v) is 18.5. The van der Waals surface area contributed by atoms with E-state index < -0.39 is 0 Å². The first-order valence-corrected chi connectivity index (χ1v) is 11.0. The Kier molecular flexibility index (Phi) is 7.45. The van der Waals surface area contributed by atoms with Crippen LogP contribution in [-0.2, 0) is 4.79 Å². The number of carbonyl (C=O) groups is 2. The number of anilines is 1. The summed E-state index contributed by atoms with van der Waals surface area (Å²) in [6, 6.07) is 15.6. The van der Waals surface area contributed by atoms with Crippen molar-refractivity contribution in [3.05, 3.63) is 64.1 Å². The molecule has 0 spiro atoms. The maximum atomic E-state index is 12.8. The lowest BCUT2D eigenvalue weighted by atomic mass is 10.1. The molecule has 1 saturated carbocycles. The molecule has 1 fully saturated rings. The molecule has 154 valence electrons. The van der Waals surface area contributed by atoms with Gasteiger partial charge >= 0.3 is 0 Å². The Morgan fingerprint density at radius 2 is 1.83 bits per heavy atom. The van der Waals surface area contributed by atoms with Gasteiger partial charge in [-0.05, 0) is 56.5 Å². The van der Waals surface area contributed by atoms with Crippen molar-refractivity contribution in [1.82, 2.24) is 10.2 Å². The van der Waals surface area contributed by atoms with Gasteiger partial charge in [-0.1, -0.05) is 53.2 Å². The van der Waals surface area contributed by atoms with Gasteiger partial charge in [-0.3, -0.25) is 14.5 Å². The summed E-state index contributed by atoms with van der Waals surface area (Å²) in [5, 5.41) is 5.93. The zero-order chi connectivity index (χ0) is 20.8. The van der Waals surface area contributed by atoms with Gasteiger partial charge in [0.05, 0.1) is 17.8 Å². The molecule has 1 atom stereocenters. The smallest absolute Gasteiger partial charge is 0.253 e. The van der Waals surface area contributed by atoms with E-state index in [1.807, 2.05) is 30.3 Å². The molecule has 5 nitrogen and oxygen atoms in total. The number of rotatable bonds is 9. The maximum Gasteiger partial charge on any atom is 0.253 e. The van der Waals surface area contributed by atoms with Crippen LogP contribution in [0.15, 0.2) is 53.0 Å². The van der Waals surface area contributed by atoms with Crippen LogP contribution in [0.4, 0.5) is 5.69 Å². The fourth-order valence-electron chi connectivity index (χ4n) is 3.36. The minimum atomic E-state index is -0.129. The van der Waals surface area contributed by atoms with Gasteiger partial charge in [-0.2, -0.15) is 0 Å². The van der Waals surface area contributed by atoms with Crippen LogP contribution < -0.4 is 10.6 Å². The van der Waals surface area contributed by atoms with Gasteiger partial charge in [-0.15, -0.1) is 0 Å². The lowest BCUT2D eigenvalue weighted by Crippen LogP contribution is -2.36. The van der Waals surface area contributed by atoms with E-state index in [1.165, 1.54) is 0 Å². The van der Waals surface area contributed by atoms with Crippen molar-refractivity contribution >= 4 is 33.4 Å². The average molecular weight is 458 g/mol. The van der Waals surface area contributed by atoms with Crippen LogP contribution in [0, 0.1) is 0 Å². The SMILES string of the molecule is CCCN(CC(=O)Nc1ccccc1C(=O)NC1CC1)[C@@H](C)c1ccccc1Br. The highest BCUT2D eigenvalue weighted by molar-refractivity contribution is 9.10. The van der Waals surface area contributed by atoms with Crippen LogP contribution in [-0.4, -0.2) is 35.8 Å². The van der Waals surface area contributed by atoms with Crippen LogP contribution in [0.2, 0.25) is 0 Å². The molecule has 2 aromatic carbocycles. The summed E-state index contributed by atoms with van der Waals surface area (Å²) in [7, 11) is 0. The molecule has 2 aromatic rings. The number of benzene rings is 2. The number of carbonyl (C=O) groups excluding carboxylic acids is 2. The van der Waals surface area contributed by atoms with E-state index in [2.05, 4.69) is 51.4 Å². The summed E-state index contributed by atoms with van der Waals surface area (Å²) in [6.45, 7) is 5.28. The minimum absolute atomic E-state index is 0.0877. The average Bonchev–Trinajstić information content (AvgIpc) is 3.52. The fourth-order valence-corrected chi connectivity index (χ4v) is 3.98. The number of hydrogen-bond acceptors (Lipinski definition) is 3. The molecule has 0 saturated heterocycles. The second-order valence-electron chi connectivity index (χ2n) is 7.51. The number of halogens is 1. The number of para-hydroxylation sites is 1. The molecular weight excluding hydrogens is 430 g/mol. The first-order chi connectivity index (χ1) is 14.0. The van der Waals surface area contributed by atoms with Crippen molar-refractivity contribution < 1.29 is 9.59 Å². The molecule has 0 radical (unpaired) electrons. The van der Waals surface area contributed by atoms with Crippen molar-refractivity contribution in [2.75, 3.05) is 18.4 Å². The molecule has 0 heterocycles. The summed E-state index contributed by atoms with van der Waals surface area (Å²) in [6.07, 6.45) is 3.00. The second-order valence-corrected chi connectivity index (χ2v) is 8.36. The van der Waals surface area contributed by atoms with Crippen molar-refractivity contribution in [2.45, 2.75) is 45.2 Å². The standard InChI is InChI=1S/C23H28BrN3O2/c1-3-14-27(16(2)18-8-4-6-10-20(18)24)15-22(28)26-21-11-7-5-9-19(21)23(29)25-17-12-13-17/h4-11,16-17H,3,12-15H2,1-2H3,(H,25,29)(H,26,28)/t16-/m0/s1. The normalized spacial score (nSPS) is 14.5. The van der Waals surface area contributed by atoms with Crippen LogP contribution in [0.3, 0.4) is 0 Å². The highest BCUT2D eigenvalue weighted by atomic mass is 79.9. The van der Waals surface area contributed by atoms with Crippen molar-refractivity contribution in [1.29, 1.82) is 0 Å². The third-order valence-electron chi connectivity index (χ3n) is 5.12. The fraction of sp³-hybridized carbons (Fsp3) is 0.391. The van der Waals surface area contributed by atoms with Gasteiger partial charge in [0.2, 0.25) is 5.91 Å². The summed E-state index contributed by atoms with van der Waals surface area (Å²) in [5.41, 5.74) is 2.22. The molecule has 0 unspecified atom stereocenters. The Labute approximate surface area is 181 Å². The lowest BCUT2D eigenvalue weighted by Gasteiger charge is -2.29. The first-order valence-electron chi connectivity index (χ1n) is 10.2. The van der Waals surface area contributed by atoms with Gasteiger partial charge in [0.25, 0.3) is 5.91 Å². The molecule has 0 bridgehead atoms. The number of amides is 2. The molecule has 2 N–H and O–H groups in total. The van der Waals surface area contributed by atoms with Gasteiger partial charge < -0.3 is 10.6 Å². The Balaban J connectivity index is 1.69. The van der Waals surface area contributed by atoms with E-state index >= 15 is 0 Å². The predicted octanol–water partition coefficient (Wildman–Crippen LogP) is 4.75. The van der Waals surface area contributed by atoms with E-state index in [9.17, 15) is 9.59 Å². The Hall–Kier alpha value is -2.18. The minimum Gasteiger partial charge on any atom is -0.349 e. The largest absolute Gasteiger partial charge is 0.349 e. The van der Waals surface area contributed by atoms with Gasteiger partial charge in [0, 0.05) is 16.6 Å². The van der Waals surface area contributed by atoms with E-state index in [4.69, 9.17) is 0 Å². The molecule has 1 aliphatic rings. The number of nitrogens with zero attached hydrogens (tertiary/aromatic N) is 1. The summed E-state index contributed by atoms with van der Waals surface area (Å²) >= 11 is 3.61. The summed E-state index contributed by atoms with van der Waals surface area (Å²) < 4.78 is 1.04. The van der Waals surface area contributed by atoms with Crippen LogP contribution in [0.25, 0.3) is 0 Å². The maximum absolute atomic E-state index is 12.8. The van der Waals surface area contributed by atoms with Crippen LogP contribution in [0.5, 0.6) is 0 Å². The lowest BCUT2D eigenvalue weighted by molar-refractivity contribution is -0.117. The first kappa shape index (κ1) is 21.5. The third kappa shape index (κ3) is 5.90. The number of nitrogens with one attached hydrogen (secondary N) is 2. The van der Waals surface area contributed by atoms with E-state index in [-0.39, 0.29) is 30.4 Å². The molecule has 3 rings (SSSR count). The second kappa shape index (κ2) is 10.0. The Morgan fingerprint density at radius 3 is 2.52 bits per heavy atom. The summed E-state index contributed by atoms with van der Waals surface area (Å²) in [5.74, 6) is -0.251. The molecule has 2 amide bonds. The zero-order valence-electron chi connectivity index (χ0n) is 17.0. The van der Waals surface area contributed by atoms with E-state index in [1.54, 1.807) is 12.1 Å². The molecule has 6 heteroatoms. The van der Waals surface area contributed by atoms with Crippen molar-refractivity contribution in [2.24, 2.45) is 0 Å². The molecule has 1 aliphatic carbocycles. The monoisotopic (exact) mass is 457 g/mol. The molecule has 0 aliphatic heterocycles. The van der Waals surface area contributed by atoms with E-state index in [0.29, 0.717) is 11.3 Å². The van der Waals surface area contributed by atoms with Crippen LogP contribution >= 0.6 is 15.9 Å². The van der Waals surface area contributed by atoms with Crippen molar-refractivity contribution in [3.63, 3.8) is 0 Å². The Morgan fingerprint density at radius 1 is 1.14 bits per heavy atom. The predicted molar refractivity (Wildman–Crippen MR) is 120 cm³/mol. The van der Waals surface area contributed by atoms with Gasteiger partial charge in [0.15, 0.2) is 0 Å². The molecular formula is C23H28BrN3O2.